The van der Waals surface area contributed by atoms with Crippen LogP contribution in [0.15, 0.2) is 71.6 Å². The van der Waals surface area contributed by atoms with Gasteiger partial charge in [-0.1, -0.05) is 54.2 Å². The molecular weight excluding hydrogens is 461 g/mol. The van der Waals surface area contributed by atoms with Crippen LogP contribution in [0.25, 0.3) is 32.0 Å². The highest BCUT2D eigenvalue weighted by molar-refractivity contribution is 8.13. The van der Waals surface area contributed by atoms with Crippen LogP contribution >= 0.6 is 34.4 Å². The summed E-state index contributed by atoms with van der Waals surface area (Å²) in [5.41, 5.74) is 8.43. The molecule has 0 atom stereocenters. The lowest BCUT2D eigenvalue weighted by atomic mass is 9.96. The molecule has 5 rings (SSSR count). The molecule has 0 fully saturated rings. The summed E-state index contributed by atoms with van der Waals surface area (Å²) in [4.78, 5) is 17.8. The SMILES string of the molecule is CC(=O)Sc1ccc(-c2cc(C3=C(c4cc(-c5ccccc5)sc4C)CCC3)c(C)s2)cc1. The van der Waals surface area contributed by atoms with Gasteiger partial charge in [0.1, 0.15) is 0 Å². The topological polar surface area (TPSA) is 17.1 Å². The van der Waals surface area contributed by atoms with Crippen molar-refractivity contribution >= 4 is 50.7 Å². The van der Waals surface area contributed by atoms with Gasteiger partial charge in [0.15, 0.2) is 5.12 Å². The molecule has 0 N–H and O–H groups in total. The lowest BCUT2D eigenvalue weighted by Gasteiger charge is -2.07. The van der Waals surface area contributed by atoms with E-state index in [-0.39, 0.29) is 5.12 Å². The number of carbonyl (C=O) groups is 1. The van der Waals surface area contributed by atoms with Crippen molar-refractivity contribution in [1.82, 2.24) is 0 Å². The molecule has 2 aromatic heterocycles. The van der Waals surface area contributed by atoms with Crippen LogP contribution in [0, 0.1) is 13.8 Å². The molecule has 0 bridgehead atoms. The van der Waals surface area contributed by atoms with Crippen molar-refractivity contribution in [2.45, 2.75) is 44.9 Å². The molecule has 0 spiro atoms. The number of allylic oxidation sites excluding steroid dienone is 2. The van der Waals surface area contributed by atoms with Crippen LogP contribution in [0.4, 0.5) is 0 Å². The summed E-state index contributed by atoms with van der Waals surface area (Å²) in [6.45, 7) is 6.13. The Morgan fingerprint density at radius 1 is 0.758 bits per heavy atom. The lowest BCUT2D eigenvalue weighted by Crippen LogP contribution is -1.86. The Hall–Kier alpha value is -2.40. The molecule has 2 heterocycles. The fraction of sp³-hybridized carbons (Fsp3) is 0.207. The van der Waals surface area contributed by atoms with Crippen molar-refractivity contribution < 1.29 is 4.79 Å². The van der Waals surface area contributed by atoms with Crippen LogP contribution in [0.5, 0.6) is 0 Å². The first-order chi connectivity index (χ1) is 16.0. The van der Waals surface area contributed by atoms with Gasteiger partial charge in [0.25, 0.3) is 0 Å². The molecule has 4 aromatic rings. The van der Waals surface area contributed by atoms with Gasteiger partial charge < -0.3 is 0 Å². The van der Waals surface area contributed by atoms with Gasteiger partial charge in [0.05, 0.1) is 0 Å². The van der Waals surface area contributed by atoms with Gasteiger partial charge in [0, 0.05) is 31.3 Å². The highest BCUT2D eigenvalue weighted by Crippen LogP contribution is 2.47. The molecular formula is C29H26OS3. The Kier molecular flexibility index (Phi) is 6.42. The van der Waals surface area contributed by atoms with E-state index in [1.165, 1.54) is 71.1 Å². The fourth-order valence-electron chi connectivity index (χ4n) is 4.64. The van der Waals surface area contributed by atoms with Gasteiger partial charge in [-0.25, -0.2) is 0 Å². The average Bonchev–Trinajstić information content (AvgIpc) is 3.52. The molecule has 1 aliphatic rings. The lowest BCUT2D eigenvalue weighted by molar-refractivity contribution is -0.109. The number of thiophene rings is 2. The maximum absolute atomic E-state index is 11.4. The van der Waals surface area contributed by atoms with E-state index < -0.39 is 0 Å². The van der Waals surface area contributed by atoms with E-state index in [4.69, 9.17) is 0 Å². The summed E-state index contributed by atoms with van der Waals surface area (Å²) in [7, 11) is 0. The number of rotatable bonds is 5. The summed E-state index contributed by atoms with van der Waals surface area (Å²) < 4.78 is 0. The minimum absolute atomic E-state index is 0.122. The van der Waals surface area contributed by atoms with Crippen LogP contribution in [0.2, 0.25) is 0 Å². The maximum Gasteiger partial charge on any atom is 0.190 e. The first-order valence-corrected chi connectivity index (χ1v) is 13.7. The second kappa shape index (κ2) is 9.46. The van der Waals surface area contributed by atoms with E-state index in [2.05, 4.69) is 80.6 Å². The average molecular weight is 487 g/mol. The van der Waals surface area contributed by atoms with Crippen LogP contribution in [-0.4, -0.2) is 5.12 Å². The Morgan fingerprint density at radius 2 is 1.27 bits per heavy atom. The highest BCUT2D eigenvalue weighted by atomic mass is 32.2. The van der Waals surface area contributed by atoms with Gasteiger partial charge in [-0.2, -0.15) is 0 Å². The predicted octanol–water partition coefficient (Wildman–Crippen LogP) is 9.49. The molecule has 1 nitrogen and oxygen atoms in total. The Balaban J connectivity index is 1.50. The van der Waals surface area contributed by atoms with Crippen LogP contribution in [-0.2, 0) is 4.79 Å². The first-order valence-electron chi connectivity index (χ1n) is 11.3. The maximum atomic E-state index is 11.4. The highest BCUT2D eigenvalue weighted by Gasteiger charge is 2.23. The van der Waals surface area contributed by atoms with E-state index >= 15 is 0 Å². The van der Waals surface area contributed by atoms with Gasteiger partial charge in [-0.3, -0.25) is 4.79 Å². The summed E-state index contributed by atoms with van der Waals surface area (Å²) >= 11 is 5.07. The molecule has 166 valence electrons. The molecule has 0 radical (unpaired) electrons. The van der Waals surface area contributed by atoms with Crippen LogP contribution in [0.1, 0.15) is 47.1 Å². The minimum Gasteiger partial charge on any atom is -0.287 e. The number of benzene rings is 2. The van der Waals surface area contributed by atoms with Crippen molar-refractivity contribution in [1.29, 1.82) is 0 Å². The van der Waals surface area contributed by atoms with Crippen LogP contribution in [0.3, 0.4) is 0 Å². The Labute approximate surface area is 208 Å². The summed E-state index contributed by atoms with van der Waals surface area (Å²) in [6.07, 6.45) is 3.53. The first kappa shape index (κ1) is 22.4. The predicted molar refractivity (Wildman–Crippen MR) is 146 cm³/mol. The number of aryl methyl sites for hydroxylation is 2. The van der Waals surface area contributed by atoms with E-state index in [1.54, 1.807) is 6.92 Å². The molecule has 0 saturated heterocycles. The van der Waals surface area contributed by atoms with Gasteiger partial charge in [-0.15, -0.1) is 22.7 Å². The van der Waals surface area contributed by atoms with Gasteiger partial charge >= 0.3 is 0 Å². The third-order valence-corrected chi connectivity index (χ3v) is 9.16. The molecule has 0 aliphatic heterocycles. The van der Waals surface area contributed by atoms with Gasteiger partial charge in [-0.05, 0) is 90.8 Å². The smallest absolute Gasteiger partial charge is 0.190 e. The standard InChI is InChI=1S/C29H26OS3/c1-18-26(16-28(31-18)21-8-5-4-6-9-21)24-10-7-11-25(24)27-17-29(32-19(27)2)22-12-14-23(15-13-22)33-20(3)30/h4-6,8-9,12-17H,7,10-11H2,1-3H3. The molecule has 2 aromatic carbocycles. The molecule has 33 heavy (non-hydrogen) atoms. The summed E-state index contributed by atoms with van der Waals surface area (Å²) in [6, 6.07) is 23.9. The monoisotopic (exact) mass is 486 g/mol. The zero-order valence-corrected chi connectivity index (χ0v) is 21.6. The van der Waals surface area contributed by atoms with Crippen molar-refractivity contribution in [2.24, 2.45) is 0 Å². The van der Waals surface area contributed by atoms with Gasteiger partial charge in [0.2, 0.25) is 0 Å². The molecule has 0 saturated carbocycles. The largest absolute Gasteiger partial charge is 0.287 e. The number of thioether (sulfide) groups is 1. The van der Waals surface area contributed by atoms with Crippen molar-refractivity contribution in [3.8, 4) is 20.9 Å². The Bertz CT molecular complexity index is 1340. The zero-order chi connectivity index (χ0) is 22.9. The molecule has 4 heteroatoms. The number of carbonyl (C=O) groups excluding carboxylic acids is 1. The van der Waals surface area contributed by atoms with Crippen molar-refractivity contribution in [3.05, 3.63) is 87.6 Å². The van der Waals surface area contributed by atoms with E-state index in [0.717, 1.165) is 17.7 Å². The third-order valence-electron chi connectivity index (χ3n) is 6.16. The quantitative estimate of drug-likeness (QED) is 0.261. The summed E-state index contributed by atoms with van der Waals surface area (Å²) in [5.74, 6) is 0. The summed E-state index contributed by atoms with van der Waals surface area (Å²) in [5, 5.41) is 0.122. The molecule has 1 aliphatic carbocycles. The second-order valence-electron chi connectivity index (χ2n) is 8.46. The third kappa shape index (κ3) is 4.65. The Morgan fingerprint density at radius 3 is 1.79 bits per heavy atom. The van der Waals surface area contributed by atoms with E-state index in [9.17, 15) is 4.79 Å². The number of hydrogen-bond donors (Lipinski definition) is 0. The minimum atomic E-state index is 0.122. The fourth-order valence-corrected chi connectivity index (χ4v) is 7.35. The zero-order valence-electron chi connectivity index (χ0n) is 19.1. The van der Waals surface area contributed by atoms with Crippen LogP contribution < -0.4 is 0 Å². The van der Waals surface area contributed by atoms with E-state index in [0.29, 0.717) is 0 Å². The van der Waals surface area contributed by atoms with E-state index in [1.807, 2.05) is 22.7 Å². The van der Waals surface area contributed by atoms with Crippen molar-refractivity contribution in [2.75, 3.05) is 0 Å². The second-order valence-corrected chi connectivity index (χ2v) is 12.2. The number of hydrogen-bond acceptors (Lipinski definition) is 4. The normalized spacial score (nSPS) is 13.7. The molecule has 0 unspecified atom stereocenters. The van der Waals surface area contributed by atoms with Crippen molar-refractivity contribution in [3.63, 3.8) is 0 Å². The molecule has 0 amide bonds.